The Kier molecular flexibility index (Phi) is 53.3. The summed E-state index contributed by atoms with van der Waals surface area (Å²) in [5.41, 5.74) is 0. The first kappa shape index (κ1) is 61.9. The normalized spacial score (nSPS) is 12.5. The van der Waals surface area contributed by atoms with E-state index >= 15 is 0 Å². The van der Waals surface area contributed by atoms with Gasteiger partial charge in [-0.2, -0.15) is 0 Å². The van der Waals surface area contributed by atoms with Crippen LogP contribution in [-0.4, -0.2) is 37.9 Å². The molecule has 0 unspecified atom stereocenters. The van der Waals surface area contributed by atoms with Crippen molar-refractivity contribution in [3.63, 3.8) is 0 Å². The Morgan fingerprint density at radius 2 is 0.656 bits per heavy atom. The average molecular weight is 898 g/mol. The van der Waals surface area contributed by atoms with Crippen LogP contribution in [0.15, 0.2) is 48.6 Å². The fraction of sp³-hybridized carbons (Fsp3) is 0.831. The van der Waals surface area contributed by atoms with Gasteiger partial charge >= 0.3 is 11.9 Å². The minimum Gasteiger partial charge on any atom is -0.462 e. The van der Waals surface area contributed by atoms with Crippen molar-refractivity contribution in [2.24, 2.45) is 0 Å². The van der Waals surface area contributed by atoms with Crippen LogP contribution in [0.5, 0.6) is 0 Å². The minimum atomic E-state index is -0.555. The van der Waals surface area contributed by atoms with Gasteiger partial charge in [0.15, 0.2) is 6.10 Å². The SMILES string of the molecule is CCCCC/C=C\C/C=C\C/C=C\CCCCC(=O)O[C@H](COCCCCCCCCCCCCCCCCCC)COC(=O)CCCCCCCCC/C=C\CCCCCCCC. The van der Waals surface area contributed by atoms with Gasteiger partial charge in [0.1, 0.15) is 6.61 Å². The number of unbranched alkanes of at least 4 members (excludes halogenated alkanes) is 33. The van der Waals surface area contributed by atoms with E-state index in [0.29, 0.717) is 19.4 Å². The lowest BCUT2D eigenvalue weighted by atomic mass is 10.0. The van der Waals surface area contributed by atoms with E-state index in [-0.39, 0.29) is 25.2 Å². The van der Waals surface area contributed by atoms with Crippen molar-refractivity contribution < 1.29 is 23.8 Å². The summed E-state index contributed by atoms with van der Waals surface area (Å²) in [5, 5.41) is 0. The molecule has 0 aromatic carbocycles. The predicted octanol–water partition coefficient (Wildman–Crippen LogP) is 19.1. The summed E-state index contributed by atoms with van der Waals surface area (Å²) >= 11 is 0. The monoisotopic (exact) mass is 897 g/mol. The third kappa shape index (κ3) is 52.5. The molecule has 64 heavy (non-hydrogen) atoms. The first-order chi connectivity index (χ1) is 31.6. The van der Waals surface area contributed by atoms with E-state index in [1.165, 1.54) is 199 Å². The van der Waals surface area contributed by atoms with Gasteiger partial charge in [0.2, 0.25) is 0 Å². The van der Waals surface area contributed by atoms with E-state index in [2.05, 4.69) is 69.4 Å². The maximum atomic E-state index is 12.8. The van der Waals surface area contributed by atoms with Gasteiger partial charge in [-0.15, -0.1) is 0 Å². The van der Waals surface area contributed by atoms with E-state index in [1.807, 2.05) is 0 Å². The van der Waals surface area contributed by atoms with Crippen LogP contribution in [0.4, 0.5) is 0 Å². The molecule has 0 fully saturated rings. The van der Waals surface area contributed by atoms with E-state index in [0.717, 1.165) is 57.8 Å². The van der Waals surface area contributed by atoms with Crippen molar-refractivity contribution in [2.75, 3.05) is 19.8 Å². The maximum Gasteiger partial charge on any atom is 0.306 e. The summed E-state index contributed by atoms with van der Waals surface area (Å²) in [5.74, 6) is -0.432. The van der Waals surface area contributed by atoms with Gasteiger partial charge in [-0.1, -0.05) is 243 Å². The van der Waals surface area contributed by atoms with E-state index in [1.54, 1.807) is 0 Å². The molecule has 0 aromatic rings. The molecule has 0 aliphatic rings. The van der Waals surface area contributed by atoms with Crippen LogP contribution in [-0.2, 0) is 23.8 Å². The lowest BCUT2D eigenvalue weighted by Gasteiger charge is -2.18. The number of hydrogen-bond acceptors (Lipinski definition) is 5. The minimum absolute atomic E-state index is 0.0713. The maximum absolute atomic E-state index is 12.8. The van der Waals surface area contributed by atoms with Gasteiger partial charge in [-0.05, 0) is 83.5 Å². The molecular weight excluding hydrogens is 789 g/mol. The number of esters is 2. The van der Waals surface area contributed by atoms with Crippen LogP contribution in [0.3, 0.4) is 0 Å². The van der Waals surface area contributed by atoms with Gasteiger partial charge in [-0.3, -0.25) is 9.59 Å². The second kappa shape index (κ2) is 55.2. The molecule has 5 heteroatoms. The summed E-state index contributed by atoms with van der Waals surface area (Å²) in [6.07, 6.45) is 68.4. The van der Waals surface area contributed by atoms with Gasteiger partial charge < -0.3 is 14.2 Å². The number of carbonyl (C=O) groups is 2. The van der Waals surface area contributed by atoms with E-state index < -0.39 is 6.10 Å². The third-order valence-electron chi connectivity index (χ3n) is 12.3. The molecule has 0 heterocycles. The summed E-state index contributed by atoms with van der Waals surface area (Å²) in [7, 11) is 0. The average Bonchev–Trinajstić information content (AvgIpc) is 3.30. The Labute approximate surface area is 399 Å². The highest BCUT2D eigenvalue weighted by Gasteiger charge is 2.17. The lowest BCUT2D eigenvalue weighted by Crippen LogP contribution is -2.30. The molecule has 0 amide bonds. The first-order valence-corrected chi connectivity index (χ1v) is 28.2. The highest BCUT2D eigenvalue weighted by atomic mass is 16.6. The molecule has 0 saturated carbocycles. The van der Waals surface area contributed by atoms with E-state index in [9.17, 15) is 9.59 Å². The van der Waals surface area contributed by atoms with Crippen LogP contribution < -0.4 is 0 Å². The summed E-state index contributed by atoms with van der Waals surface area (Å²) < 4.78 is 17.4. The molecule has 5 nitrogen and oxygen atoms in total. The van der Waals surface area contributed by atoms with Crippen molar-refractivity contribution in [1.82, 2.24) is 0 Å². The molecule has 0 radical (unpaired) electrons. The highest BCUT2D eigenvalue weighted by molar-refractivity contribution is 5.70. The third-order valence-corrected chi connectivity index (χ3v) is 12.3. The largest absolute Gasteiger partial charge is 0.462 e. The van der Waals surface area contributed by atoms with Crippen LogP contribution in [0, 0.1) is 0 Å². The van der Waals surface area contributed by atoms with Crippen LogP contribution >= 0.6 is 0 Å². The number of carbonyl (C=O) groups excluding carboxylic acids is 2. The quantitative estimate of drug-likeness (QED) is 0.0346. The second-order valence-corrected chi connectivity index (χ2v) is 18.8. The molecule has 0 rings (SSSR count). The van der Waals surface area contributed by atoms with Crippen LogP contribution in [0.25, 0.3) is 0 Å². The predicted molar refractivity (Wildman–Crippen MR) is 279 cm³/mol. The Hall–Kier alpha value is -2.14. The molecule has 0 bridgehead atoms. The Morgan fingerprint density at radius 3 is 1.12 bits per heavy atom. The fourth-order valence-corrected chi connectivity index (χ4v) is 8.10. The summed E-state index contributed by atoms with van der Waals surface area (Å²) in [4.78, 5) is 25.5. The van der Waals surface area contributed by atoms with Crippen molar-refractivity contribution in [3.05, 3.63) is 48.6 Å². The fourth-order valence-electron chi connectivity index (χ4n) is 8.10. The smallest absolute Gasteiger partial charge is 0.306 e. The molecule has 0 aromatic heterocycles. The van der Waals surface area contributed by atoms with Gasteiger partial charge in [0, 0.05) is 19.4 Å². The molecule has 0 N–H and O–H groups in total. The number of allylic oxidation sites excluding steroid dienone is 8. The number of rotatable bonds is 52. The lowest BCUT2D eigenvalue weighted by molar-refractivity contribution is -0.163. The Bertz CT molecular complexity index is 1060. The van der Waals surface area contributed by atoms with Crippen molar-refractivity contribution >= 4 is 11.9 Å². The summed E-state index contributed by atoms with van der Waals surface area (Å²) in [6.45, 7) is 7.80. The van der Waals surface area contributed by atoms with Crippen LogP contribution in [0.2, 0.25) is 0 Å². The number of hydrogen-bond donors (Lipinski definition) is 0. The molecular formula is C59H108O5. The highest BCUT2D eigenvalue weighted by Crippen LogP contribution is 2.15. The zero-order valence-corrected chi connectivity index (χ0v) is 43.1. The summed E-state index contributed by atoms with van der Waals surface area (Å²) in [6, 6.07) is 0. The van der Waals surface area contributed by atoms with Gasteiger partial charge in [0.05, 0.1) is 6.61 Å². The van der Waals surface area contributed by atoms with Crippen molar-refractivity contribution in [2.45, 2.75) is 297 Å². The van der Waals surface area contributed by atoms with Crippen molar-refractivity contribution in [3.8, 4) is 0 Å². The number of ether oxygens (including phenoxy) is 3. The zero-order valence-electron chi connectivity index (χ0n) is 43.1. The zero-order chi connectivity index (χ0) is 46.3. The molecule has 0 spiro atoms. The second-order valence-electron chi connectivity index (χ2n) is 18.8. The van der Waals surface area contributed by atoms with Crippen molar-refractivity contribution in [1.29, 1.82) is 0 Å². The van der Waals surface area contributed by atoms with Crippen LogP contribution in [0.1, 0.15) is 290 Å². The Balaban J connectivity index is 4.30. The standard InChI is InChI=1S/C59H108O5/c1-4-7-10-13-16-19-22-25-28-30-32-34-37-40-43-46-49-52-58(60)63-56-57(55-62-54-51-48-45-42-39-36-33-29-26-23-20-17-14-11-8-5-2)64-59(61)53-50-47-44-41-38-35-31-27-24-21-18-15-12-9-6-3/h18,21,25,27-28,31,38,41,57H,4-17,19-20,22-24,26,29-30,32-37,39-40,42-56H2,1-3H3/b21-18-,28-25-,31-27-,41-38-/t57-/m1/s1. The van der Waals surface area contributed by atoms with Gasteiger partial charge in [-0.25, -0.2) is 0 Å². The van der Waals surface area contributed by atoms with Gasteiger partial charge in [0.25, 0.3) is 0 Å². The molecule has 374 valence electrons. The molecule has 1 atom stereocenters. The molecule has 0 saturated heterocycles. The molecule has 0 aliphatic heterocycles. The topological polar surface area (TPSA) is 61.8 Å². The molecule has 0 aliphatic carbocycles. The van der Waals surface area contributed by atoms with E-state index in [4.69, 9.17) is 14.2 Å². The Morgan fingerprint density at radius 1 is 0.344 bits per heavy atom. The first-order valence-electron chi connectivity index (χ1n) is 28.2.